The summed E-state index contributed by atoms with van der Waals surface area (Å²) in [5, 5.41) is 3.38. The minimum Gasteiger partial charge on any atom is -0.444 e. The Morgan fingerprint density at radius 2 is 2.22 bits per heavy atom. The van der Waals surface area contributed by atoms with Gasteiger partial charge in [0.25, 0.3) is 0 Å². The van der Waals surface area contributed by atoms with Crippen molar-refractivity contribution in [1.82, 2.24) is 10.2 Å². The van der Waals surface area contributed by atoms with Crippen molar-refractivity contribution < 1.29 is 9.53 Å². The van der Waals surface area contributed by atoms with Crippen molar-refractivity contribution in [2.24, 2.45) is 11.7 Å². The van der Waals surface area contributed by atoms with Gasteiger partial charge in [-0.2, -0.15) is 0 Å². The minimum atomic E-state index is -0.408. The minimum absolute atomic E-state index is 0.188. The number of nitrogens with one attached hydrogen (secondary N) is 1. The van der Waals surface area contributed by atoms with Gasteiger partial charge in [-0.15, -0.1) is 0 Å². The van der Waals surface area contributed by atoms with Crippen LogP contribution in [0.15, 0.2) is 0 Å². The first kappa shape index (κ1) is 15.2. The largest absolute Gasteiger partial charge is 0.444 e. The van der Waals surface area contributed by atoms with E-state index in [4.69, 9.17) is 10.5 Å². The predicted molar refractivity (Wildman–Crippen MR) is 72.5 cm³/mol. The zero-order chi connectivity index (χ0) is 13.6. The molecular weight excluding hydrogens is 230 g/mol. The number of nitrogens with two attached hydrogens (primary N) is 1. The molecule has 1 unspecified atom stereocenters. The molecule has 0 aromatic rings. The molecule has 5 heteroatoms. The summed E-state index contributed by atoms with van der Waals surface area (Å²) < 4.78 is 5.36. The molecule has 0 saturated carbocycles. The lowest BCUT2D eigenvalue weighted by molar-refractivity contribution is 0.0288. The zero-order valence-electron chi connectivity index (χ0n) is 11.9. The molecule has 1 rings (SSSR count). The highest BCUT2D eigenvalue weighted by molar-refractivity contribution is 5.68. The summed E-state index contributed by atoms with van der Waals surface area (Å²) in [7, 11) is 0. The molecule has 0 spiro atoms. The first-order chi connectivity index (χ1) is 8.42. The van der Waals surface area contributed by atoms with Crippen molar-refractivity contribution in [2.45, 2.75) is 39.2 Å². The van der Waals surface area contributed by atoms with E-state index in [1.54, 1.807) is 4.90 Å². The highest BCUT2D eigenvalue weighted by Gasteiger charge is 2.29. The molecule has 106 valence electrons. The number of carbonyl (C=O) groups excluding carboxylic acids is 1. The molecule has 0 aromatic carbocycles. The lowest BCUT2D eigenvalue weighted by atomic mass is 10.1. The van der Waals surface area contributed by atoms with E-state index in [9.17, 15) is 4.79 Å². The van der Waals surface area contributed by atoms with Gasteiger partial charge in [-0.05, 0) is 59.2 Å². The van der Waals surface area contributed by atoms with Gasteiger partial charge < -0.3 is 20.7 Å². The molecule has 1 amide bonds. The number of ether oxygens (including phenoxy) is 1. The van der Waals surface area contributed by atoms with Crippen molar-refractivity contribution in [3.05, 3.63) is 0 Å². The Kier molecular flexibility index (Phi) is 5.88. The number of likely N-dealkylation sites (tertiary alicyclic amines) is 1. The van der Waals surface area contributed by atoms with Crippen LogP contribution in [-0.4, -0.2) is 49.3 Å². The quantitative estimate of drug-likeness (QED) is 0.726. The number of rotatable bonds is 5. The monoisotopic (exact) mass is 257 g/mol. The number of nitrogens with zero attached hydrogens (tertiary/aromatic N) is 1. The average molecular weight is 257 g/mol. The van der Waals surface area contributed by atoms with Gasteiger partial charge in [-0.25, -0.2) is 4.79 Å². The second-order valence-electron chi connectivity index (χ2n) is 5.93. The second kappa shape index (κ2) is 6.95. The van der Waals surface area contributed by atoms with Crippen molar-refractivity contribution in [2.75, 3.05) is 32.7 Å². The lowest BCUT2D eigenvalue weighted by Gasteiger charge is -2.24. The highest BCUT2D eigenvalue weighted by atomic mass is 16.6. The molecule has 0 aliphatic carbocycles. The Bertz CT molecular complexity index is 263. The Morgan fingerprint density at radius 1 is 1.50 bits per heavy atom. The molecular formula is C13H27N3O2. The number of hydrogen-bond acceptors (Lipinski definition) is 4. The van der Waals surface area contributed by atoms with E-state index in [-0.39, 0.29) is 6.09 Å². The van der Waals surface area contributed by atoms with Gasteiger partial charge in [0.1, 0.15) is 5.60 Å². The summed E-state index contributed by atoms with van der Waals surface area (Å²) in [5.74, 6) is 0.537. The summed E-state index contributed by atoms with van der Waals surface area (Å²) in [6.07, 6.45) is 1.86. The topological polar surface area (TPSA) is 67.6 Å². The smallest absolute Gasteiger partial charge is 0.410 e. The molecule has 0 bridgehead atoms. The van der Waals surface area contributed by atoms with Gasteiger partial charge in [-0.1, -0.05) is 0 Å². The highest BCUT2D eigenvalue weighted by Crippen LogP contribution is 2.18. The SMILES string of the molecule is CC(C)(C)OC(=O)N1CCC(CNCCCN)C1. The Hall–Kier alpha value is -0.810. The first-order valence-corrected chi connectivity index (χ1v) is 6.81. The van der Waals surface area contributed by atoms with Crippen LogP contribution in [0.2, 0.25) is 0 Å². The van der Waals surface area contributed by atoms with Crippen molar-refractivity contribution in [3.63, 3.8) is 0 Å². The van der Waals surface area contributed by atoms with Gasteiger partial charge in [0, 0.05) is 13.1 Å². The summed E-state index contributed by atoms with van der Waals surface area (Å²) in [5.41, 5.74) is 5.03. The second-order valence-corrected chi connectivity index (χ2v) is 5.93. The van der Waals surface area contributed by atoms with Gasteiger partial charge in [-0.3, -0.25) is 0 Å². The maximum atomic E-state index is 11.8. The molecule has 5 nitrogen and oxygen atoms in total. The fourth-order valence-corrected chi connectivity index (χ4v) is 2.02. The Balaban J connectivity index is 2.22. The summed E-state index contributed by atoms with van der Waals surface area (Å²) in [6.45, 7) is 9.93. The molecule has 1 saturated heterocycles. The molecule has 1 atom stereocenters. The third-order valence-electron chi connectivity index (χ3n) is 2.93. The van der Waals surface area contributed by atoms with E-state index >= 15 is 0 Å². The van der Waals surface area contributed by atoms with E-state index in [1.165, 1.54) is 0 Å². The molecule has 1 aliphatic rings. The van der Waals surface area contributed by atoms with Crippen molar-refractivity contribution in [1.29, 1.82) is 0 Å². The fourth-order valence-electron chi connectivity index (χ4n) is 2.02. The van der Waals surface area contributed by atoms with Crippen molar-refractivity contribution in [3.8, 4) is 0 Å². The molecule has 3 N–H and O–H groups in total. The third-order valence-corrected chi connectivity index (χ3v) is 2.93. The fraction of sp³-hybridized carbons (Fsp3) is 0.923. The number of hydrogen-bond donors (Lipinski definition) is 2. The van der Waals surface area contributed by atoms with Crippen LogP contribution in [0.25, 0.3) is 0 Å². The van der Waals surface area contributed by atoms with Gasteiger partial charge in [0.2, 0.25) is 0 Å². The standard InChI is InChI=1S/C13H27N3O2/c1-13(2,3)18-12(17)16-8-5-11(10-16)9-15-7-4-6-14/h11,15H,4-10,14H2,1-3H3. The zero-order valence-corrected chi connectivity index (χ0v) is 11.9. The van der Waals surface area contributed by atoms with Gasteiger partial charge in [0.15, 0.2) is 0 Å². The molecule has 1 fully saturated rings. The average Bonchev–Trinajstić information content (AvgIpc) is 2.71. The molecule has 1 aliphatic heterocycles. The van der Waals surface area contributed by atoms with Crippen LogP contribution in [0, 0.1) is 5.92 Å². The normalized spacial score (nSPS) is 20.2. The maximum absolute atomic E-state index is 11.8. The number of amides is 1. The summed E-state index contributed by atoms with van der Waals surface area (Å²) in [6, 6.07) is 0. The Morgan fingerprint density at radius 3 is 2.83 bits per heavy atom. The summed E-state index contributed by atoms with van der Waals surface area (Å²) >= 11 is 0. The maximum Gasteiger partial charge on any atom is 0.410 e. The predicted octanol–water partition coefficient (Wildman–Crippen LogP) is 1.18. The van der Waals surface area contributed by atoms with E-state index in [1.807, 2.05) is 20.8 Å². The van der Waals surface area contributed by atoms with E-state index in [0.717, 1.165) is 45.6 Å². The van der Waals surface area contributed by atoms with E-state index in [0.29, 0.717) is 5.92 Å². The molecule has 1 heterocycles. The summed E-state index contributed by atoms with van der Waals surface area (Å²) in [4.78, 5) is 13.7. The van der Waals surface area contributed by atoms with Crippen LogP contribution in [0.1, 0.15) is 33.6 Å². The van der Waals surface area contributed by atoms with Gasteiger partial charge >= 0.3 is 6.09 Å². The van der Waals surface area contributed by atoms with E-state index < -0.39 is 5.60 Å². The van der Waals surface area contributed by atoms with Crippen LogP contribution in [0.3, 0.4) is 0 Å². The molecule has 0 aromatic heterocycles. The van der Waals surface area contributed by atoms with Crippen LogP contribution >= 0.6 is 0 Å². The van der Waals surface area contributed by atoms with Gasteiger partial charge in [0.05, 0.1) is 0 Å². The van der Waals surface area contributed by atoms with Crippen LogP contribution in [-0.2, 0) is 4.74 Å². The molecule has 0 radical (unpaired) electrons. The lowest BCUT2D eigenvalue weighted by Crippen LogP contribution is -2.36. The Labute approximate surface area is 110 Å². The van der Waals surface area contributed by atoms with Crippen molar-refractivity contribution >= 4 is 6.09 Å². The van der Waals surface area contributed by atoms with Crippen LogP contribution in [0.4, 0.5) is 4.79 Å². The third kappa shape index (κ3) is 5.69. The number of carbonyl (C=O) groups is 1. The van der Waals surface area contributed by atoms with Crippen LogP contribution in [0.5, 0.6) is 0 Å². The first-order valence-electron chi connectivity index (χ1n) is 6.81. The van der Waals surface area contributed by atoms with E-state index in [2.05, 4.69) is 5.32 Å². The molecule has 18 heavy (non-hydrogen) atoms. The van der Waals surface area contributed by atoms with Crippen LogP contribution < -0.4 is 11.1 Å².